The fraction of sp³-hybridized carbons (Fsp3) is 0.688. The van der Waals surface area contributed by atoms with E-state index in [0.717, 1.165) is 55.1 Å². The molecule has 0 bridgehead atoms. The first kappa shape index (κ1) is 15.2. The van der Waals surface area contributed by atoms with Crippen LogP contribution in [0.15, 0.2) is 6.20 Å². The Labute approximate surface area is 131 Å². The number of fused-ring (bicyclic) bond motifs is 1. The Kier molecular flexibility index (Phi) is 4.57. The normalized spacial score (nSPS) is 18.2. The molecule has 1 aliphatic heterocycles. The van der Waals surface area contributed by atoms with E-state index in [9.17, 15) is 0 Å². The van der Waals surface area contributed by atoms with Crippen molar-refractivity contribution in [3.05, 3.63) is 12.0 Å². The second-order valence-electron chi connectivity index (χ2n) is 6.02. The topological polar surface area (TPSA) is 56.1 Å². The van der Waals surface area contributed by atoms with Crippen molar-refractivity contribution >= 4 is 16.9 Å². The Balaban J connectivity index is 1.73. The van der Waals surface area contributed by atoms with Gasteiger partial charge in [-0.1, -0.05) is 6.92 Å². The van der Waals surface area contributed by atoms with Crippen molar-refractivity contribution in [2.24, 2.45) is 7.05 Å². The van der Waals surface area contributed by atoms with Gasteiger partial charge < -0.3 is 9.64 Å². The van der Waals surface area contributed by atoms with Gasteiger partial charge in [-0.05, 0) is 25.7 Å². The van der Waals surface area contributed by atoms with Crippen molar-refractivity contribution in [1.29, 1.82) is 0 Å². The van der Waals surface area contributed by atoms with Crippen LogP contribution in [0.3, 0.4) is 0 Å². The molecule has 2 aromatic rings. The van der Waals surface area contributed by atoms with Gasteiger partial charge in [-0.15, -0.1) is 0 Å². The van der Waals surface area contributed by atoms with Gasteiger partial charge in [-0.2, -0.15) is 5.10 Å². The van der Waals surface area contributed by atoms with Gasteiger partial charge in [0, 0.05) is 33.7 Å². The van der Waals surface area contributed by atoms with Crippen LogP contribution in [-0.2, 0) is 18.2 Å². The van der Waals surface area contributed by atoms with Gasteiger partial charge in [0.1, 0.15) is 11.6 Å². The molecule has 22 heavy (non-hydrogen) atoms. The maximum absolute atomic E-state index is 5.69. The van der Waals surface area contributed by atoms with Crippen LogP contribution >= 0.6 is 0 Å². The molecule has 120 valence electrons. The highest BCUT2D eigenvalue weighted by Crippen LogP contribution is 2.24. The smallest absolute Gasteiger partial charge is 0.163 e. The first-order valence-electron chi connectivity index (χ1n) is 8.20. The van der Waals surface area contributed by atoms with Crippen LogP contribution in [0.5, 0.6) is 0 Å². The monoisotopic (exact) mass is 303 g/mol. The van der Waals surface area contributed by atoms with E-state index in [1.807, 2.05) is 17.9 Å². The van der Waals surface area contributed by atoms with Crippen molar-refractivity contribution < 1.29 is 4.74 Å². The van der Waals surface area contributed by atoms with E-state index < -0.39 is 0 Å². The maximum atomic E-state index is 5.69. The van der Waals surface area contributed by atoms with Crippen molar-refractivity contribution in [2.75, 3.05) is 25.1 Å². The van der Waals surface area contributed by atoms with Crippen LogP contribution in [0, 0.1) is 0 Å². The van der Waals surface area contributed by atoms with E-state index in [2.05, 4.69) is 29.0 Å². The van der Waals surface area contributed by atoms with Gasteiger partial charge in [0.15, 0.2) is 5.65 Å². The number of ether oxygens (including phenoxy) is 1. The first-order valence-corrected chi connectivity index (χ1v) is 8.20. The molecule has 3 rings (SSSR count). The number of hydrogen-bond donors (Lipinski definition) is 0. The molecule has 0 radical (unpaired) electrons. The average Bonchev–Trinajstić information content (AvgIpc) is 3.16. The highest BCUT2D eigenvalue weighted by atomic mass is 16.5. The summed E-state index contributed by atoms with van der Waals surface area (Å²) in [6, 6.07) is 0. The third kappa shape index (κ3) is 3.06. The van der Waals surface area contributed by atoms with Crippen LogP contribution in [0.4, 0.5) is 5.82 Å². The predicted octanol–water partition coefficient (Wildman–Crippen LogP) is 2.32. The molecule has 0 aromatic carbocycles. The van der Waals surface area contributed by atoms with E-state index >= 15 is 0 Å². The Hall–Kier alpha value is -1.69. The molecular weight excluding hydrogens is 278 g/mol. The van der Waals surface area contributed by atoms with Gasteiger partial charge >= 0.3 is 0 Å². The molecule has 0 N–H and O–H groups in total. The first-order chi connectivity index (χ1) is 10.7. The zero-order valence-electron chi connectivity index (χ0n) is 13.7. The molecule has 1 saturated heterocycles. The third-order valence-electron chi connectivity index (χ3n) is 4.34. The summed E-state index contributed by atoms with van der Waals surface area (Å²) in [5.74, 6) is 1.86. The Morgan fingerprint density at radius 3 is 3.00 bits per heavy atom. The maximum Gasteiger partial charge on any atom is 0.163 e. The van der Waals surface area contributed by atoms with Gasteiger partial charge in [-0.25, -0.2) is 9.97 Å². The number of rotatable bonds is 6. The lowest BCUT2D eigenvalue weighted by atomic mass is 10.1. The molecule has 2 aromatic heterocycles. The summed E-state index contributed by atoms with van der Waals surface area (Å²) in [6.07, 6.45) is 7.83. The number of anilines is 1. The molecule has 1 fully saturated rings. The lowest BCUT2D eigenvalue weighted by Crippen LogP contribution is -2.22. The second-order valence-corrected chi connectivity index (χ2v) is 6.02. The summed E-state index contributed by atoms with van der Waals surface area (Å²) >= 11 is 0. The molecule has 0 aliphatic carbocycles. The van der Waals surface area contributed by atoms with Crippen LogP contribution in [-0.4, -0.2) is 46.1 Å². The second kappa shape index (κ2) is 6.60. The van der Waals surface area contributed by atoms with Crippen molar-refractivity contribution in [1.82, 2.24) is 19.7 Å². The number of hydrogen-bond acceptors (Lipinski definition) is 5. The number of aromatic nitrogens is 4. The predicted molar refractivity (Wildman–Crippen MR) is 87.2 cm³/mol. The zero-order valence-corrected chi connectivity index (χ0v) is 13.7. The highest BCUT2D eigenvalue weighted by Gasteiger charge is 2.17. The quantitative estimate of drug-likeness (QED) is 0.819. The summed E-state index contributed by atoms with van der Waals surface area (Å²) < 4.78 is 7.51. The lowest BCUT2D eigenvalue weighted by Gasteiger charge is -2.20. The van der Waals surface area contributed by atoms with E-state index in [4.69, 9.17) is 9.72 Å². The summed E-state index contributed by atoms with van der Waals surface area (Å²) in [5, 5.41) is 5.35. The molecule has 0 saturated carbocycles. The minimum atomic E-state index is 0.461. The Morgan fingerprint density at radius 2 is 2.27 bits per heavy atom. The van der Waals surface area contributed by atoms with Gasteiger partial charge in [-0.3, -0.25) is 4.68 Å². The van der Waals surface area contributed by atoms with Crippen LogP contribution in [0.25, 0.3) is 11.0 Å². The van der Waals surface area contributed by atoms with Gasteiger partial charge in [0.25, 0.3) is 0 Å². The van der Waals surface area contributed by atoms with Crippen LogP contribution in [0.2, 0.25) is 0 Å². The average molecular weight is 303 g/mol. The Bertz CT molecular complexity index is 633. The van der Waals surface area contributed by atoms with Crippen molar-refractivity contribution in [2.45, 2.75) is 45.1 Å². The number of aryl methyl sites for hydroxylation is 2. The van der Waals surface area contributed by atoms with E-state index in [0.29, 0.717) is 6.10 Å². The minimum absolute atomic E-state index is 0.461. The van der Waals surface area contributed by atoms with E-state index in [1.54, 1.807) is 0 Å². The van der Waals surface area contributed by atoms with E-state index in [1.165, 1.54) is 12.8 Å². The van der Waals surface area contributed by atoms with Gasteiger partial charge in [0.2, 0.25) is 0 Å². The summed E-state index contributed by atoms with van der Waals surface area (Å²) in [5.41, 5.74) is 0.910. The largest absolute Gasteiger partial charge is 0.378 e. The van der Waals surface area contributed by atoms with Crippen LogP contribution in [0.1, 0.15) is 38.4 Å². The van der Waals surface area contributed by atoms with Crippen molar-refractivity contribution in [3.8, 4) is 0 Å². The summed E-state index contributed by atoms with van der Waals surface area (Å²) in [4.78, 5) is 11.5. The molecule has 3 heterocycles. The molecule has 6 heteroatoms. The molecule has 0 spiro atoms. The van der Waals surface area contributed by atoms with Crippen molar-refractivity contribution in [3.63, 3.8) is 0 Å². The molecule has 1 atom stereocenters. The molecule has 0 unspecified atom stereocenters. The fourth-order valence-electron chi connectivity index (χ4n) is 3.03. The van der Waals surface area contributed by atoms with Crippen LogP contribution < -0.4 is 4.90 Å². The number of nitrogens with zero attached hydrogens (tertiary/aromatic N) is 5. The Morgan fingerprint density at radius 1 is 1.41 bits per heavy atom. The summed E-state index contributed by atoms with van der Waals surface area (Å²) in [7, 11) is 4.03. The minimum Gasteiger partial charge on any atom is -0.378 e. The molecular formula is C16H25N5O. The van der Waals surface area contributed by atoms with Gasteiger partial charge in [0.05, 0.1) is 17.7 Å². The molecule has 1 aliphatic rings. The van der Waals surface area contributed by atoms with E-state index in [-0.39, 0.29) is 0 Å². The standard InChI is InChI=1S/C16H25N5O/c1-4-14-18-15(13-11-17-21(3)16(13)19-14)20(2)9-5-7-12-8-6-10-22-12/h11-12H,4-10H2,1-3H3/t12-/m0/s1. The molecule has 0 amide bonds. The SMILES string of the molecule is CCc1nc(N(C)CCC[C@H]2CCCO2)c2cnn(C)c2n1. The zero-order chi connectivity index (χ0) is 15.5. The third-order valence-corrected chi connectivity index (χ3v) is 4.34. The highest BCUT2D eigenvalue weighted by molar-refractivity contribution is 5.86. The lowest BCUT2D eigenvalue weighted by molar-refractivity contribution is 0.103. The fourth-order valence-corrected chi connectivity index (χ4v) is 3.03. The summed E-state index contributed by atoms with van der Waals surface area (Å²) in [6.45, 7) is 3.99. The molecule has 6 nitrogen and oxygen atoms in total.